The highest BCUT2D eigenvalue weighted by Gasteiger charge is 2.34. The molecule has 3 amide bonds. The Balaban J connectivity index is 2.07. The molecule has 0 spiro atoms. The fourth-order valence-electron chi connectivity index (χ4n) is 3.76. The van der Waals surface area contributed by atoms with Crippen molar-refractivity contribution in [3.8, 4) is 0 Å². The number of likely N-dealkylation sites (tertiary alicyclic amines) is 1. The topological polar surface area (TPSA) is 78.5 Å². The minimum absolute atomic E-state index is 0.0166. The quantitative estimate of drug-likeness (QED) is 0.703. The van der Waals surface area contributed by atoms with Crippen LogP contribution in [0.2, 0.25) is 0 Å². The van der Waals surface area contributed by atoms with E-state index >= 15 is 0 Å². The summed E-state index contributed by atoms with van der Waals surface area (Å²) >= 11 is 0. The van der Waals surface area contributed by atoms with E-state index in [9.17, 15) is 14.4 Å². The van der Waals surface area contributed by atoms with Crippen LogP contribution in [0, 0.1) is 18.8 Å². The number of hydrogen-bond acceptors (Lipinski definition) is 3. The number of carbonyl (C=O) groups excluding carboxylic acids is 3. The lowest BCUT2D eigenvalue weighted by Crippen LogP contribution is -2.54. The summed E-state index contributed by atoms with van der Waals surface area (Å²) in [5.74, 6) is 0.164. The molecule has 1 aliphatic heterocycles. The molecular formula is C23H35N3O3. The number of rotatable bonds is 8. The summed E-state index contributed by atoms with van der Waals surface area (Å²) in [5.41, 5.74) is 1.47. The fraction of sp³-hybridized carbons (Fsp3) is 0.609. The number of carbonyl (C=O) groups is 3. The number of amides is 3. The molecule has 1 saturated heterocycles. The maximum absolute atomic E-state index is 12.8. The van der Waals surface area contributed by atoms with Gasteiger partial charge in [-0.25, -0.2) is 0 Å². The maximum atomic E-state index is 12.8. The van der Waals surface area contributed by atoms with Crippen molar-refractivity contribution in [3.63, 3.8) is 0 Å². The highest BCUT2D eigenvalue weighted by atomic mass is 16.2. The molecule has 6 nitrogen and oxygen atoms in total. The van der Waals surface area contributed by atoms with Gasteiger partial charge in [0.1, 0.15) is 6.04 Å². The predicted molar refractivity (Wildman–Crippen MR) is 114 cm³/mol. The maximum Gasteiger partial charge on any atom is 0.252 e. The average Bonchev–Trinajstić information content (AvgIpc) is 2.70. The van der Waals surface area contributed by atoms with Crippen molar-refractivity contribution in [1.82, 2.24) is 15.5 Å². The molecule has 1 atom stereocenters. The molecule has 0 aromatic heterocycles. The molecule has 6 heteroatoms. The van der Waals surface area contributed by atoms with Crippen LogP contribution in [0.15, 0.2) is 24.3 Å². The Morgan fingerprint density at radius 2 is 1.79 bits per heavy atom. The Morgan fingerprint density at radius 1 is 1.14 bits per heavy atom. The summed E-state index contributed by atoms with van der Waals surface area (Å²) in [6.45, 7) is 9.82. The summed E-state index contributed by atoms with van der Waals surface area (Å²) in [4.78, 5) is 39.9. The zero-order chi connectivity index (χ0) is 21.4. The largest absolute Gasteiger partial charge is 0.354 e. The van der Waals surface area contributed by atoms with Gasteiger partial charge in [0.2, 0.25) is 11.8 Å². The van der Waals surface area contributed by atoms with E-state index in [1.807, 2.05) is 50.8 Å². The first-order valence-electron chi connectivity index (χ1n) is 10.8. The molecule has 1 fully saturated rings. The van der Waals surface area contributed by atoms with Gasteiger partial charge < -0.3 is 15.5 Å². The van der Waals surface area contributed by atoms with E-state index < -0.39 is 6.04 Å². The van der Waals surface area contributed by atoms with Crippen molar-refractivity contribution in [1.29, 1.82) is 0 Å². The Labute approximate surface area is 174 Å². The highest BCUT2D eigenvalue weighted by molar-refractivity contribution is 5.98. The number of nitrogens with zero attached hydrogens (tertiary/aromatic N) is 1. The van der Waals surface area contributed by atoms with Gasteiger partial charge in [-0.15, -0.1) is 0 Å². The molecule has 1 aromatic rings. The Morgan fingerprint density at radius 3 is 2.38 bits per heavy atom. The summed E-state index contributed by atoms with van der Waals surface area (Å²) in [6.07, 6.45) is 2.81. The Hall–Kier alpha value is -2.37. The first-order valence-corrected chi connectivity index (χ1v) is 10.8. The Kier molecular flexibility index (Phi) is 8.68. The molecule has 29 heavy (non-hydrogen) atoms. The lowest BCUT2D eigenvalue weighted by Gasteiger charge is -2.36. The molecule has 2 rings (SSSR count). The van der Waals surface area contributed by atoms with Gasteiger partial charge in [0.15, 0.2) is 0 Å². The minimum atomic E-state index is -0.587. The van der Waals surface area contributed by atoms with Crippen LogP contribution in [-0.2, 0) is 9.59 Å². The van der Waals surface area contributed by atoms with Crippen molar-refractivity contribution < 1.29 is 14.4 Å². The summed E-state index contributed by atoms with van der Waals surface area (Å²) in [5, 5.41) is 5.90. The van der Waals surface area contributed by atoms with Gasteiger partial charge in [-0.3, -0.25) is 14.4 Å². The van der Waals surface area contributed by atoms with Crippen LogP contribution in [0.1, 0.15) is 62.4 Å². The highest BCUT2D eigenvalue weighted by Crippen LogP contribution is 2.23. The van der Waals surface area contributed by atoms with Gasteiger partial charge in [0.05, 0.1) is 0 Å². The number of nitrogens with one attached hydrogen (secondary N) is 2. The monoisotopic (exact) mass is 401 g/mol. The summed E-state index contributed by atoms with van der Waals surface area (Å²) in [6, 6.07) is 6.80. The number of piperidine rings is 1. The summed E-state index contributed by atoms with van der Waals surface area (Å²) in [7, 11) is 0. The third-order valence-electron chi connectivity index (χ3n) is 5.45. The lowest BCUT2D eigenvalue weighted by molar-refractivity contribution is -0.133. The molecule has 0 unspecified atom stereocenters. The normalized spacial score (nSPS) is 15.8. The second-order valence-corrected chi connectivity index (χ2v) is 8.37. The molecular weight excluding hydrogens is 366 g/mol. The van der Waals surface area contributed by atoms with Crippen molar-refractivity contribution in [2.24, 2.45) is 11.8 Å². The number of benzene rings is 1. The molecule has 0 radical (unpaired) electrons. The zero-order valence-electron chi connectivity index (χ0n) is 18.2. The predicted octanol–water partition coefficient (Wildman–Crippen LogP) is 2.90. The number of hydrogen-bond donors (Lipinski definition) is 2. The SMILES string of the molecule is CCCNC(=O)[C@@H](NC(=O)c1ccccc1C)C1CCN(C(=O)CC(C)C)CC1. The van der Waals surface area contributed by atoms with Crippen molar-refractivity contribution in [2.75, 3.05) is 19.6 Å². The van der Waals surface area contributed by atoms with E-state index in [0.717, 1.165) is 12.0 Å². The van der Waals surface area contributed by atoms with E-state index in [0.29, 0.717) is 50.4 Å². The van der Waals surface area contributed by atoms with Crippen LogP contribution in [-0.4, -0.2) is 48.3 Å². The molecule has 0 aliphatic carbocycles. The zero-order valence-corrected chi connectivity index (χ0v) is 18.2. The van der Waals surface area contributed by atoms with Crippen LogP contribution >= 0.6 is 0 Å². The smallest absolute Gasteiger partial charge is 0.252 e. The van der Waals surface area contributed by atoms with Gasteiger partial charge in [0, 0.05) is 31.6 Å². The van der Waals surface area contributed by atoms with Gasteiger partial charge >= 0.3 is 0 Å². The van der Waals surface area contributed by atoms with Crippen molar-refractivity contribution >= 4 is 17.7 Å². The van der Waals surface area contributed by atoms with Crippen LogP contribution in [0.3, 0.4) is 0 Å². The van der Waals surface area contributed by atoms with Gasteiger partial charge in [-0.05, 0) is 49.7 Å². The third kappa shape index (κ3) is 6.58. The first kappa shape index (κ1) is 22.9. The van der Waals surface area contributed by atoms with Gasteiger partial charge in [-0.1, -0.05) is 39.0 Å². The van der Waals surface area contributed by atoms with E-state index in [-0.39, 0.29) is 23.6 Å². The van der Waals surface area contributed by atoms with Gasteiger partial charge in [-0.2, -0.15) is 0 Å². The van der Waals surface area contributed by atoms with Crippen LogP contribution in [0.5, 0.6) is 0 Å². The van der Waals surface area contributed by atoms with Crippen LogP contribution in [0.4, 0.5) is 0 Å². The third-order valence-corrected chi connectivity index (χ3v) is 5.45. The van der Waals surface area contributed by atoms with E-state index in [4.69, 9.17) is 0 Å². The minimum Gasteiger partial charge on any atom is -0.354 e. The molecule has 1 aliphatic rings. The summed E-state index contributed by atoms with van der Waals surface area (Å²) < 4.78 is 0. The number of aryl methyl sites for hydroxylation is 1. The van der Waals surface area contributed by atoms with Gasteiger partial charge in [0.25, 0.3) is 5.91 Å². The molecule has 0 saturated carbocycles. The average molecular weight is 402 g/mol. The van der Waals surface area contributed by atoms with Crippen molar-refractivity contribution in [2.45, 2.75) is 59.4 Å². The second kappa shape index (κ2) is 11.0. The van der Waals surface area contributed by atoms with E-state index in [1.165, 1.54) is 0 Å². The fourth-order valence-corrected chi connectivity index (χ4v) is 3.76. The van der Waals surface area contributed by atoms with Crippen LogP contribution < -0.4 is 10.6 Å². The molecule has 160 valence electrons. The van der Waals surface area contributed by atoms with E-state index in [2.05, 4.69) is 10.6 Å². The standard InChI is InChI=1S/C23H35N3O3/c1-5-12-24-23(29)21(25-22(28)19-9-7-6-8-17(19)4)18-10-13-26(14-11-18)20(27)15-16(2)3/h6-9,16,18,21H,5,10-15H2,1-4H3,(H,24,29)(H,25,28)/t21-/m0/s1. The molecule has 2 N–H and O–H groups in total. The Bertz CT molecular complexity index is 709. The second-order valence-electron chi connectivity index (χ2n) is 8.37. The van der Waals surface area contributed by atoms with E-state index in [1.54, 1.807) is 6.07 Å². The molecule has 0 bridgehead atoms. The van der Waals surface area contributed by atoms with Crippen LogP contribution in [0.25, 0.3) is 0 Å². The molecule has 1 heterocycles. The molecule has 1 aromatic carbocycles. The first-order chi connectivity index (χ1) is 13.8. The van der Waals surface area contributed by atoms with Crippen molar-refractivity contribution in [3.05, 3.63) is 35.4 Å². The lowest BCUT2D eigenvalue weighted by atomic mass is 9.88.